The summed E-state index contributed by atoms with van der Waals surface area (Å²) in [5, 5.41) is 0. The minimum Gasteiger partial charge on any atom is -0.330 e. The average Bonchev–Trinajstić information content (AvgIpc) is 2.35. The maximum Gasteiger partial charge on any atom is 0.390 e. The van der Waals surface area contributed by atoms with Crippen LogP contribution in [-0.2, 0) is 16.4 Å². The molecule has 0 heterocycles. The number of rotatable bonds is 7. The molecule has 8 heteroatoms. The Hall–Kier alpha value is -1.12. The normalized spacial score (nSPS) is 12.6. The molecular weight excluding hydrogens is 293 g/mol. The van der Waals surface area contributed by atoms with Gasteiger partial charge in [-0.15, -0.1) is 0 Å². The van der Waals surface area contributed by atoms with Gasteiger partial charge in [-0.05, 0) is 37.1 Å². The molecule has 114 valence electrons. The number of nitrogens with two attached hydrogens (primary N) is 1. The zero-order chi connectivity index (χ0) is 15.2. The monoisotopic (exact) mass is 310 g/mol. The number of nitrogens with one attached hydrogen (secondary N) is 1. The van der Waals surface area contributed by atoms with Crippen LogP contribution in [0.5, 0.6) is 0 Å². The van der Waals surface area contributed by atoms with E-state index in [1.54, 1.807) is 12.1 Å². The fourth-order valence-electron chi connectivity index (χ4n) is 1.55. The quantitative estimate of drug-likeness (QED) is 0.807. The van der Waals surface area contributed by atoms with E-state index in [4.69, 9.17) is 5.73 Å². The molecule has 0 aliphatic rings. The number of aryl methyl sites for hydroxylation is 1. The fraction of sp³-hybridized carbons (Fsp3) is 0.500. The molecule has 20 heavy (non-hydrogen) atoms. The summed E-state index contributed by atoms with van der Waals surface area (Å²) in [4.78, 5) is -0.0452. The second-order valence-corrected chi connectivity index (χ2v) is 6.07. The van der Waals surface area contributed by atoms with Gasteiger partial charge < -0.3 is 5.73 Å². The summed E-state index contributed by atoms with van der Waals surface area (Å²) in [6.45, 7) is -0.125. The Morgan fingerprint density at radius 3 is 2.25 bits per heavy atom. The topological polar surface area (TPSA) is 72.2 Å². The molecule has 0 unspecified atom stereocenters. The van der Waals surface area contributed by atoms with Crippen molar-refractivity contribution in [1.29, 1.82) is 0 Å². The highest BCUT2D eigenvalue weighted by Gasteiger charge is 2.27. The lowest BCUT2D eigenvalue weighted by atomic mass is 10.1. The molecule has 1 aromatic rings. The van der Waals surface area contributed by atoms with Crippen molar-refractivity contribution in [1.82, 2.24) is 4.72 Å². The second kappa shape index (κ2) is 7.05. The van der Waals surface area contributed by atoms with Gasteiger partial charge in [0, 0.05) is 6.54 Å². The summed E-state index contributed by atoms with van der Waals surface area (Å²) in [5.41, 5.74) is 6.30. The smallest absolute Gasteiger partial charge is 0.330 e. The standard InChI is InChI=1S/C12H17F3N2O2S/c13-12(14,15)7-9-17-20(18,19)11-5-3-10(4-6-11)2-1-8-16/h3-6,17H,1-2,7-9,16H2. The number of sulfonamides is 1. The molecule has 0 spiro atoms. The van der Waals surface area contributed by atoms with Crippen molar-refractivity contribution >= 4 is 10.0 Å². The van der Waals surface area contributed by atoms with Gasteiger partial charge in [-0.1, -0.05) is 12.1 Å². The van der Waals surface area contributed by atoms with E-state index >= 15 is 0 Å². The molecule has 0 aliphatic carbocycles. The van der Waals surface area contributed by atoms with E-state index in [1.165, 1.54) is 12.1 Å². The first-order valence-corrected chi connectivity index (χ1v) is 7.58. The summed E-state index contributed by atoms with van der Waals surface area (Å²) in [5.74, 6) is 0. The first-order chi connectivity index (χ1) is 9.24. The Morgan fingerprint density at radius 1 is 1.15 bits per heavy atom. The molecule has 3 N–H and O–H groups in total. The molecule has 0 bridgehead atoms. The van der Waals surface area contributed by atoms with Crippen molar-refractivity contribution in [2.45, 2.75) is 30.3 Å². The third-order valence-electron chi connectivity index (χ3n) is 2.60. The van der Waals surface area contributed by atoms with Crippen LogP contribution >= 0.6 is 0 Å². The van der Waals surface area contributed by atoms with E-state index in [1.807, 2.05) is 4.72 Å². The van der Waals surface area contributed by atoms with E-state index in [0.29, 0.717) is 6.54 Å². The molecule has 0 aromatic heterocycles. The minimum absolute atomic E-state index is 0.0452. The Morgan fingerprint density at radius 2 is 1.75 bits per heavy atom. The Balaban J connectivity index is 2.63. The third-order valence-corrected chi connectivity index (χ3v) is 4.08. The molecule has 0 saturated carbocycles. The van der Waals surface area contributed by atoms with Crippen LogP contribution in [-0.4, -0.2) is 27.7 Å². The molecular formula is C12H17F3N2O2S. The Kier molecular flexibility index (Phi) is 5.97. The highest BCUT2D eigenvalue weighted by atomic mass is 32.2. The van der Waals surface area contributed by atoms with Crippen LogP contribution in [0.3, 0.4) is 0 Å². The maximum absolute atomic E-state index is 12.0. The van der Waals surface area contributed by atoms with Crippen LogP contribution in [0, 0.1) is 0 Å². The van der Waals surface area contributed by atoms with Crippen molar-refractivity contribution in [3.05, 3.63) is 29.8 Å². The van der Waals surface area contributed by atoms with Crippen LogP contribution < -0.4 is 10.5 Å². The first-order valence-electron chi connectivity index (χ1n) is 6.10. The lowest BCUT2D eigenvalue weighted by Gasteiger charge is -2.09. The van der Waals surface area contributed by atoms with Gasteiger partial charge >= 0.3 is 6.18 Å². The van der Waals surface area contributed by atoms with Gasteiger partial charge in [-0.2, -0.15) is 13.2 Å². The Labute approximate surface area is 116 Å². The molecule has 1 aromatic carbocycles. The largest absolute Gasteiger partial charge is 0.390 e. The van der Waals surface area contributed by atoms with Crippen molar-refractivity contribution < 1.29 is 21.6 Å². The van der Waals surface area contributed by atoms with E-state index in [-0.39, 0.29) is 4.90 Å². The van der Waals surface area contributed by atoms with E-state index in [9.17, 15) is 21.6 Å². The molecule has 0 radical (unpaired) electrons. The zero-order valence-electron chi connectivity index (χ0n) is 10.8. The van der Waals surface area contributed by atoms with Gasteiger partial charge in [-0.25, -0.2) is 13.1 Å². The maximum atomic E-state index is 12.0. The lowest BCUT2D eigenvalue weighted by Crippen LogP contribution is -2.28. The zero-order valence-corrected chi connectivity index (χ0v) is 11.6. The number of halogens is 3. The summed E-state index contributed by atoms with van der Waals surface area (Å²) < 4.78 is 61.3. The summed E-state index contributed by atoms with van der Waals surface area (Å²) >= 11 is 0. The number of hydrogen-bond acceptors (Lipinski definition) is 3. The van der Waals surface area contributed by atoms with Gasteiger partial charge in [0.15, 0.2) is 0 Å². The van der Waals surface area contributed by atoms with Gasteiger partial charge in [-0.3, -0.25) is 0 Å². The van der Waals surface area contributed by atoms with E-state index < -0.39 is 29.2 Å². The van der Waals surface area contributed by atoms with Gasteiger partial charge in [0.2, 0.25) is 10.0 Å². The lowest BCUT2D eigenvalue weighted by molar-refractivity contribution is -0.132. The van der Waals surface area contributed by atoms with Crippen LogP contribution in [0.25, 0.3) is 0 Å². The molecule has 4 nitrogen and oxygen atoms in total. The molecule has 0 amide bonds. The number of benzene rings is 1. The van der Waals surface area contributed by atoms with Crippen LogP contribution in [0.15, 0.2) is 29.2 Å². The van der Waals surface area contributed by atoms with E-state index in [2.05, 4.69) is 0 Å². The van der Waals surface area contributed by atoms with Crippen LogP contribution in [0.4, 0.5) is 13.2 Å². The summed E-state index contributed by atoms with van der Waals surface area (Å²) in [6, 6.07) is 6.02. The van der Waals surface area contributed by atoms with Gasteiger partial charge in [0.1, 0.15) is 0 Å². The number of hydrogen-bond donors (Lipinski definition) is 2. The van der Waals surface area contributed by atoms with Crippen LogP contribution in [0.2, 0.25) is 0 Å². The predicted octanol–water partition coefficient (Wildman–Crippen LogP) is 1.81. The first kappa shape index (κ1) is 16.9. The van der Waals surface area contributed by atoms with Crippen molar-refractivity contribution in [2.24, 2.45) is 5.73 Å². The van der Waals surface area contributed by atoms with Crippen molar-refractivity contribution in [3.63, 3.8) is 0 Å². The second-order valence-electron chi connectivity index (χ2n) is 4.30. The van der Waals surface area contributed by atoms with Crippen molar-refractivity contribution in [3.8, 4) is 0 Å². The minimum atomic E-state index is -4.38. The Bertz CT molecular complexity index is 512. The third kappa shape index (κ3) is 5.89. The summed E-state index contributed by atoms with van der Waals surface area (Å²) in [6.07, 6.45) is -4.05. The molecule has 1 rings (SSSR count). The summed E-state index contributed by atoms with van der Waals surface area (Å²) in [7, 11) is -3.89. The highest BCUT2D eigenvalue weighted by molar-refractivity contribution is 7.89. The van der Waals surface area contributed by atoms with Gasteiger partial charge in [0.25, 0.3) is 0 Å². The number of alkyl halides is 3. The van der Waals surface area contributed by atoms with E-state index in [0.717, 1.165) is 18.4 Å². The fourth-order valence-corrected chi connectivity index (χ4v) is 2.58. The van der Waals surface area contributed by atoms with Gasteiger partial charge in [0.05, 0.1) is 11.3 Å². The van der Waals surface area contributed by atoms with Crippen molar-refractivity contribution in [2.75, 3.05) is 13.1 Å². The SMILES string of the molecule is NCCCc1ccc(S(=O)(=O)NCCC(F)(F)F)cc1. The molecule has 0 atom stereocenters. The molecule has 0 saturated heterocycles. The molecule has 0 fully saturated rings. The predicted molar refractivity (Wildman–Crippen MR) is 69.7 cm³/mol. The van der Waals surface area contributed by atoms with Crippen LogP contribution in [0.1, 0.15) is 18.4 Å². The molecule has 0 aliphatic heterocycles. The average molecular weight is 310 g/mol. The highest BCUT2D eigenvalue weighted by Crippen LogP contribution is 2.19.